The first-order valence-corrected chi connectivity index (χ1v) is 10.6. The molecular formula is C24H21F2N3O4. The van der Waals surface area contributed by atoms with Crippen LogP contribution in [0.25, 0.3) is 5.57 Å². The Morgan fingerprint density at radius 3 is 2.79 bits per heavy atom. The van der Waals surface area contributed by atoms with Crippen molar-refractivity contribution in [1.82, 2.24) is 10.2 Å². The molecule has 1 fully saturated rings. The highest BCUT2D eigenvalue weighted by Crippen LogP contribution is 2.32. The minimum absolute atomic E-state index is 0.00661. The van der Waals surface area contributed by atoms with E-state index < -0.39 is 17.5 Å². The monoisotopic (exact) mass is 453 g/mol. The molecule has 0 unspecified atom stereocenters. The summed E-state index contributed by atoms with van der Waals surface area (Å²) in [4.78, 5) is 25.7. The molecule has 2 aromatic rings. The van der Waals surface area contributed by atoms with E-state index in [1.807, 2.05) is 24.4 Å². The lowest BCUT2D eigenvalue weighted by molar-refractivity contribution is -0.118. The molecule has 1 saturated heterocycles. The molecule has 0 radical (unpaired) electrons. The van der Waals surface area contributed by atoms with Crippen molar-refractivity contribution < 1.29 is 27.8 Å². The molecule has 0 bridgehead atoms. The molecule has 0 spiro atoms. The fraction of sp³-hybridized carbons (Fsp3) is 0.250. The predicted molar refractivity (Wildman–Crippen MR) is 117 cm³/mol. The molecule has 0 aromatic heterocycles. The molecule has 2 N–H and O–H groups in total. The van der Waals surface area contributed by atoms with Gasteiger partial charge in [-0.3, -0.25) is 9.59 Å². The standard InChI is InChI=1S/C24H21F2N3O4/c25-18-8-22-20(28-23(30)13-33-22)7-17(18)24(31)29-10-14(11-29)12-32-21-4-3-15(6-19(21)26)16-2-1-5-27-9-16/h1-8,14,27H,9-13H2,(H,28,30). The Kier molecular flexibility index (Phi) is 5.45. The van der Waals surface area contributed by atoms with Crippen LogP contribution in [0.15, 0.2) is 48.7 Å². The Hall–Kier alpha value is -3.88. The number of likely N-dealkylation sites (tertiary alicyclic amines) is 1. The van der Waals surface area contributed by atoms with Crippen LogP contribution in [0.5, 0.6) is 11.5 Å². The van der Waals surface area contributed by atoms with Crippen molar-refractivity contribution in [3.63, 3.8) is 0 Å². The zero-order valence-corrected chi connectivity index (χ0v) is 17.6. The molecule has 3 heterocycles. The van der Waals surface area contributed by atoms with Crippen LogP contribution < -0.4 is 20.1 Å². The Labute approximate surface area is 188 Å². The first kappa shape index (κ1) is 21.0. The van der Waals surface area contributed by atoms with Gasteiger partial charge in [0, 0.05) is 31.6 Å². The SMILES string of the molecule is O=C1COc2cc(F)c(C(=O)N3CC(COc4ccc(C5=CC=CNC5)cc4F)C3)cc2N1. The Morgan fingerprint density at radius 2 is 2.03 bits per heavy atom. The van der Waals surface area contributed by atoms with Crippen LogP contribution in [0, 0.1) is 17.6 Å². The number of amides is 2. The fourth-order valence-electron chi connectivity index (χ4n) is 3.96. The number of hydrogen-bond donors (Lipinski definition) is 2. The van der Waals surface area contributed by atoms with E-state index in [1.165, 1.54) is 17.0 Å². The van der Waals surface area contributed by atoms with E-state index in [2.05, 4.69) is 10.6 Å². The Morgan fingerprint density at radius 1 is 1.18 bits per heavy atom. The molecule has 7 nitrogen and oxygen atoms in total. The first-order valence-electron chi connectivity index (χ1n) is 10.6. The van der Waals surface area contributed by atoms with Crippen LogP contribution in [0.2, 0.25) is 0 Å². The highest BCUT2D eigenvalue weighted by atomic mass is 19.1. The van der Waals surface area contributed by atoms with E-state index in [-0.39, 0.29) is 47.8 Å². The van der Waals surface area contributed by atoms with E-state index in [9.17, 15) is 18.4 Å². The van der Waals surface area contributed by atoms with Crippen molar-refractivity contribution in [2.45, 2.75) is 0 Å². The molecule has 0 atom stereocenters. The van der Waals surface area contributed by atoms with Gasteiger partial charge in [0.1, 0.15) is 11.6 Å². The van der Waals surface area contributed by atoms with Crippen LogP contribution in [-0.4, -0.2) is 49.6 Å². The summed E-state index contributed by atoms with van der Waals surface area (Å²) >= 11 is 0. The second-order valence-electron chi connectivity index (χ2n) is 8.13. The van der Waals surface area contributed by atoms with E-state index in [1.54, 1.807) is 6.07 Å². The van der Waals surface area contributed by atoms with Gasteiger partial charge in [0.05, 0.1) is 17.9 Å². The second-order valence-corrected chi connectivity index (χ2v) is 8.13. The van der Waals surface area contributed by atoms with Crippen LogP contribution in [-0.2, 0) is 4.79 Å². The zero-order chi connectivity index (χ0) is 22.9. The maximum atomic E-state index is 14.5. The summed E-state index contributed by atoms with van der Waals surface area (Å²) in [6.07, 6.45) is 5.62. The van der Waals surface area contributed by atoms with Gasteiger partial charge in [0.15, 0.2) is 18.2 Å². The number of anilines is 1. The van der Waals surface area contributed by atoms with Crippen molar-refractivity contribution in [2.24, 2.45) is 5.92 Å². The number of carbonyl (C=O) groups is 2. The summed E-state index contributed by atoms with van der Waals surface area (Å²) in [7, 11) is 0. The quantitative estimate of drug-likeness (QED) is 0.728. The van der Waals surface area contributed by atoms with Crippen LogP contribution in [0.1, 0.15) is 15.9 Å². The molecule has 33 heavy (non-hydrogen) atoms. The summed E-state index contributed by atoms with van der Waals surface area (Å²) in [6.45, 7) is 1.41. The number of nitrogens with zero attached hydrogens (tertiary/aromatic N) is 1. The number of ether oxygens (including phenoxy) is 2. The third-order valence-corrected chi connectivity index (χ3v) is 5.76. The summed E-state index contributed by atoms with van der Waals surface area (Å²) in [6, 6.07) is 7.25. The maximum Gasteiger partial charge on any atom is 0.262 e. The van der Waals surface area contributed by atoms with Crippen molar-refractivity contribution >= 4 is 23.1 Å². The Bertz CT molecular complexity index is 1190. The lowest BCUT2D eigenvalue weighted by atomic mass is 9.99. The van der Waals surface area contributed by atoms with Crippen molar-refractivity contribution in [3.05, 3.63) is 71.4 Å². The molecule has 3 aliphatic rings. The molecule has 2 amide bonds. The minimum Gasteiger partial charge on any atom is -0.490 e. The van der Waals surface area contributed by atoms with Gasteiger partial charge in [0.25, 0.3) is 11.8 Å². The lowest BCUT2D eigenvalue weighted by Gasteiger charge is -2.39. The summed E-state index contributed by atoms with van der Waals surface area (Å²) in [5.41, 5.74) is 1.90. The normalized spacial score (nSPS) is 17.2. The smallest absolute Gasteiger partial charge is 0.262 e. The molecule has 170 valence electrons. The van der Waals surface area contributed by atoms with Crippen LogP contribution in [0.4, 0.5) is 14.5 Å². The lowest BCUT2D eigenvalue weighted by Crippen LogP contribution is -2.52. The summed E-state index contributed by atoms with van der Waals surface area (Å²) in [5, 5.41) is 5.65. The second kappa shape index (κ2) is 8.57. The maximum absolute atomic E-state index is 14.5. The number of dihydropyridines is 1. The number of allylic oxidation sites excluding steroid dienone is 2. The highest BCUT2D eigenvalue weighted by Gasteiger charge is 2.34. The van der Waals surface area contributed by atoms with Gasteiger partial charge >= 0.3 is 0 Å². The van der Waals surface area contributed by atoms with Gasteiger partial charge in [-0.05, 0) is 41.6 Å². The molecule has 3 aliphatic heterocycles. The highest BCUT2D eigenvalue weighted by molar-refractivity contribution is 6.00. The summed E-state index contributed by atoms with van der Waals surface area (Å²) < 4.78 is 39.7. The molecular weight excluding hydrogens is 432 g/mol. The van der Waals surface area contributed by atoms with Gasteiger partial charge < -0.3 is 25.0 Å². The molecule has 0 saturated carbocycles. The van der Waals surface area contributed by atoms with E-state index in [4.69, 9.17) is 9.47 Å². The van der Waals surface area contributed by atoms with Gasteiger partial charge in [-0.1, -0.05) is 12.1 Å². The molecule has 9 heteroatoms. The number of hydrogen-bond acceptors (Lipinski definition) is 5. The minimum atomic E-state index is -0.712. The number of benzene rings is 2. The number of rotatable bonds is 5. The van der Waals surface area contributed by atoms with E-state index in [0.717, 1.165) is 17.2 Å². The molecule has 0 aliphatic carbocycles. The van der Waals surface area contributed by atoms with E-state index >= 15 is 0 Å². The van der Waals surface area contributed by atoms with Gasteiger partial charge in [0.2, 0.25) is 0 Å². The van der Waals surface area contributed by atoms with Crippen LogP contribution >= 0.6 is 0 Å². The average Bonchev–Trinajstić information content (AvgIpc) is 2.79. The fourth-order valence-corrected chi connectivity index (χ4v) is 3.96. The molecule has 2 aromatic carbocycles. The van der Waals surface area contributed by atoms with Gasteiger partial charge in [-0.15, -0.1) is 0 Å². The number of carbonyl (C=O) groups excluding carboxylic acids is 2. The number of fused-ring (bicyclic) bond motifs is 1. The number of halogens is 2. The summed E-state index contributed by atoms with van der Waals surface area (Å²) in [5.74, 6) is -1.65. The number of nitrogens with one attached hydrogen (secondary N) is 2. The largest absolute Gasteiger partial charge is 0.490 e. The first-order chi connectivity index (χ1) is 16.0. The van der Waals surface area contributed by atoms with Gasteiger partial charge in [-0.2, -0.15) is 0 Å². The van der Waals surface area contributed by atoms with Crippen LogP contribution in [0.3, 0.4) is 0 Å². The topological polar surface area (TPSA) is 79.9 Å². The third kappa shape index (κ3) is 4.26. The average molecular weight is 453 g/mol. The third-order valence-electron chi connectivity index (χ3n) is 5.76. The van der Waals surface area contributed by atoms with E-state index in [0.29, 0.717) is 19.6 Å². The predicted octanol–water partition coefficient (Wildman–Crippen LogP) is 2.95. The Balaban J connectivity index is 1.17. The van der Waals surface area contributed by atoms with Crippen molar-refractivity contribution in [3.8, 4) is 11.5 Å². The molecule has 5 rings (SSSR count). The van der Waals surface area contributed by atoms with Gasteiger partial charge in [-0.25, -0.2) is 8.78 Å². The van der Waals surface area contributed by atoms with Crippen molar-refractivity contribution in [1.29, 1.82) is 0 Å². The van der Waals surface area contributed by atoms with Crippen molar-refractivity contribution in [2.75, 3.05) is 38.2 Å². The zero-order valence-electron chi connectivity index (χ0n) is 17.6.